The Morgan fingerprint density at radius 2 is 2.00 bits per heavy atom. The molecule has 1 fully saturated rings. The smallest absolute Gasteiger partial charge is 0.0617 e. The van der Waals surface area contributed by atoms with Crippen LogP contribution in [0.1, 0.15) is 53.4 Å². The summed E-state index contributed by atoms with van der Waals surface area (Å²) in [6.45, 7) is 8.70. The van der Waals surface area contributed by atoms with Crippen LogP contribution in [0.2, 0.25) is 0 Å². The Hall–Kier alpha value is -0.0400. The van der Waals surface area contributed by atoms with Crippen molar-refractivity contribution in [2.45, 2.75) is 59.0 Å². The van der Waals surface area contributed by atoms with E-state index in [1.54, 1.807) is 0 Å². The lowest BCUT2D eigenvalue weighted by molar-refractivity contribution is 0.0169. The van der Waals surface area contributed by atoms with Gasteiger partial charge in [-0.15, -0.1) is 0 Å². The van der Waals surface area contributed by atoms with Crippen LogP contribution in [0.15, 0.2) is 0 Å². The highest BCUT2D eigenvalue weighted by Crippen LogP contribution is 2.43. The van der Waals surface area contributed by atoms with E-state index in [1.165, 1.54) is 12.8 Å². The summed E-state index contributed by atoms with van der Waals surface area (Å²) in [7, 11) is 0. The summed E-state index contributed by atoms with van der Waals surface area (Å²) >= 11 is 0. The van der Waals surface area contributed by atoms with Gasteiger partial charge in [-0.25, -0.2) is 0 Å². The lowest BCUT2D eigenvalue weighted by atomic mass is 9.64. The lowest BCUT2D eigenvalue weighted by Gasteiger charge is -2.42. The highest BCUT2D eigenvalue weighted by atomic mass is 16.3. The van der Waals surface area contributed by atoms with Crippen LogP contribution in [0.25, 0.3) is 0 Å². The first-order valence-electron chi connectivity index (χ1n) is 5.68. The molecule has 0 aromatic rings. The van der Waals surface area contributed by atoms with Crippen LogP contribution < -0.4 is 0 Å². The van der Waals surface area contributed by atoms with Gasteiger partial charge in [-0.2, -0.15) is 0 Å². The maximum absolute atomic E-state index is 9.84. The van der Waals surface area contributed by atoms with Crippen LogP contribution >= 0.6 is 0 Å². The van der Waals surface area contributed by atoms with Crippen LogP contribution in [0.3, 0.4) is 0 Å². The molecule has 0 heterocycles. The molecule has 0 saturated heterocycles. The van der Waals surface area contributed by atoms with E-state index in [-0.39, 0.29) is 0 Å². The van der Waals surface area contributed by atoms with E-state index in [2.05, 4.69) is 20.8 Å². The molecule has 0 amide bonds. The summed E-state index contributed by atoms with van der Waals surface area (Å²) in [6.07, 6.45) is 4.45. The van der Waals surface area contributed by atoms with Crippen molar-refractivity contribution in [2.75, 3.05) is 0 Å². The third kappa shape index (κ3) is 2.70. The van der Waals surface area contributed by atoms with Crippen molar-refractivity contribution in [1.82, 2.24) is 0 Å². The molecule has 0 bridgehead atoms. The van der Waals surface area contributed by atoms with Crippen LogP contribution in [-0.2, 0) is 0 Å². The summed E-state index contributed by atoms with van der Waals surface area (Å²) in [5.74, 6) is 2.68. The highest BCUT2D eigenvalue weighted by molar-refractivity contribution is 4.85. The van der Waals surface area contributed by atoms with Gasteiger partial charge in [0.1, 0.15) is 0 Å². The van der Waals surface area contributed by atoms with Gasteiger partial charge in [0.2, 0.25) is 0 Å². The molecular weight excluding hydrogens is 160 g/mol. The maximum atomic E-state index is 9.84. The van der Waals surface area contributed by atoms with E-state index in [4.69, 9.17) is 0 Å². The minimum absolute atomic E-state index is 0.418. The van der Waals surface area contributed by atoms with Crippen LogP contribution in [-0.4, -0.2) is 10.7 Å². The van der Waals surface area contributed by atoms with Gasteiger partial charge in [0.15, 0.2) is 0 Å². The Kier molecular flexibility index (Phi) is 3.39. The minimum atomic E-state index is -0.418. The molecule has 1 heteroatoms. The second-order valence-electron chi connectivity index (χ2n) is 5.22. The first-order valence-corrected chi connectivity index (χ1v) is 5.68. The molecule has 0 aromatic carbocycles. The SMILES string of the molecule is CCC(C)(O)CCC1CC(C)C1C. The number of hydrogen-bond donors (Lipinski definition) is 1. The zero-order valence-electron chi connectivity index (χ0n) is 9.51. The fourth-order valence-corrected chi connectivity index (χ4v) is 2.23. The van der Waals surface area contributed by atoms with E-state index in [0.29, 0.717) is 0 Å². The molecule has 1 aliphatic rings. The van der Waals surface area contributed by atoms with Crippen molar-refractivity contribution in [3.8, 4) is 0 Å². The lowest BCUT2D eigenvalue weighted by Crippen LogP contribution is -2.34. The molecule has 1 aliphatic carbocycles. The highest BCUT2D eigenvalue weighted by Gasteiger charge is 2.34. The summed E-state index contributed by atoms with van der Waals surface area (Å²) in [5, 5.41) is 9.84. The summed E-state index contributed by atoms with van der Waals surface area (Å²) in [6, 6.07) is 0. The van der Waals surface area contributed by atoms with Gasteiger partial charge in [-0.1, -0.05) is 20.8 Å². The van der Waals surface area contributed by atoms with Crippen molar-refractivity contribution in [3.63, 3.8) is 0 Å². The summed E-state index contributed by atoms with van der Waals surface area (Å²) < 4.78 is 0. The maximum Gasteiger partial charge on any atom is 0.0617 e. The Morgan fingerprint density at radius 3 is 2.38 bits per heavy atom. The van der Waals surface area contributed by atoms with Crippen molar-refractivity contribution in [1.29, 1.82) is 0 Å². The quantitative estimate of drug-likeness (QED) is 0.711. The van der Waals surface area contributed by atoms with Crippen LogP contribution in [0.4, 0.5) is 0 Å². The fraction of sp³-hybridized carbons (Fsp3) is 1.00. The summed E-state index contributed by atoms with van der Waals surface area (Å²) in [4.78, 5) is 0. The molecule has 1 saturated carbocycles. The van der Waals surface area contributed by atoms with Gasteiger partial charge in [-0.3, -0.25) is 0 Å². The molecule has 0 radical (unpaired) electrons. The van der Waals surface area contributed by atoms with Crippen LogP contribution in [0, 0.1) is 17.8 Å². The molecule has 0 spiro atoms. The van der Waals surface area contributed by atoms with Crippen LogP contribution in [0.5, 0.6) is 0 Å². The van der Waals surface area contributed by atoms with Crippen molar-refractivity contribution in [2.24, 2.45) is 17.8 Å². The van der Waals surface area contributed by atoms with Gasteiger partial charge in [-0.05, 0) is 50.4 Å². The first-order chi connectivity index (χ1) is 5.96. The standard InChI is InChI=1S/C12H24O/c1-5-12(4,13)7-6-11-8-9(2)10(11)3/h9-11,13H,5-8H2,1-4H3. The van der Waals surface area contributed by atoms with Gasteiger partial charge in [0.25, 0.3) is 0 Å². The molecule has 78 valence electrons. The number of rotatable bonds is 4. The van der Waals surface area contributed by atoms with E-state index in [1.807, 2.05) is 6.92 Å². The normalized spacial score (nSPS) is 38.1. The third-order valence-corrected chi connectivity index (χ3v) is 4.13. The van der Waals surface area contributed by atoms with Gasteiger partial charge >= 0.3 is 0 Å². The van der Waals surface area contributed by atoms with Gasteiger partial charge < -0.3 is 5.11 Å². The Bertz CT molecular complexity index is 163. The van der Waals surface area contributed by atoms with E-state index >= 15 is 0 Å². The first kappa shape index (κ1) is 11.0. The monoisotopic (exact) mass is 184 g/mol. The largest absolute Gasteiger partial charge is 0.390 e. The van der Waals surface area contributed by atoms with Crippen molar-refractivity contribution in [3.05, 3.63) is 0 Å². The second-order valence-corrected chi connectivity index (χ2v) is 5.22. The molecule has 1 nitrogen and oxygen atoms in total. The predicted molar refractivity (Wildman–Crippen MR) is 56.6 cm³/mol. The third-order valence-electron chi connectivity index (χ3n) is 4.13. The zero-order valence-corrected chi connectivity index (χ0v) is 9.51. The molecule has 13 heavy (non-hydrogen) atoms. The van der Waals surface area contributed by atoms with Gasteiger partial charge in [0.05, 0.1) is 5.60 Å². The molecule has 4 atom stereocenters. The van der Waals surface area contributed by atoms with E-state index in [9.17, 15) is 5.11 Å². The van der Waals surface area contributed by atoms with Crippen molar-refractivity contribution >= 4 is 0 Å². The average Bonchev–Trinajstić information content (AvgIpc) is 2.11. The summed E-state index contributed by atoms with van der Waals surface area (Å²) in [5.41, 5.74) is -0.418. The Balaban J connectivity index is 2.21. The Labute approximate surface area is 82.5 Å². The fourth-order valence-electron chi connectivity index (χ4n) is 2.23. The van der Waals surface area contributed by atoms with Gasteiger partial charge in [0, 0.05) is 0 Å². The molecule has 0 aromatic heterocycles. The zero-order chi connectivity index (χ0) is 10.1. The molecule has 0 aliphatic heterocycles. The topological polar surface area (TPSA) is 20.2 Å². The average molecular weight is 184 g/mol. The predicted octanol–water partition coefficient (Wildman–Crippen LogP) is 3.22. The van der Waals surface area contributed by atoms with Crippen molar-refractivity contribution < 1.29 is 5.11 Å². The molecular formula is C12H24O. The van der Waals surface area contributed by atoms with E-state index in [0.717, 1.165) is 30.6 Å². The molecule has 1 rings (SSSR count). The van der Waals surface area contributed by atoms with E-state index < -0.39 is 5.60 Å². The number of aliphatic hydroxyl groups is 1. The molecule has 4 unspecified atom stereocenters. The number of hydrogen-bond acceptors (Lipinski definition) is 1. The second kappa shape index (κ2) is 4.00. The Morgan fingerprint density at radius 1 is 1.38 bits per heavy atom. The minimum Gasteiger partial charge on any atom is -0.390 e. The molecule has 1 N–H and O–H groups in total.